The molecule has 0 spiro atoms. The van der Waals surface area contributed by atoms with Gasteiger partial charge in [0.05, 0.1) is 0 Å². The Morgan fingerprint density at radius 3 is 2.88 bits per heavy atom. The molecular formula is C13H25N3O. The maximum atomic E-state index is 11.6. The van der Waals surface area contributed by atoms with Crippen LogP contribution in [0.15, 0.2) is 0 Å². The maximum Gasteiger partial charge on any atom is 0.220 e. The first-order chi connectivity index (χ1) is 8.34. The summed E-state index contributed by atoms with van der Waals surface area (Å²) < 4.78 is 0. The predicted molar refractivity (Wildman–Crippen MR) is 68.9 cm³/mol. The molecule has 0 bridgehead atoms. The van der Waals surface area contributed by atoms with Gasteiger partial charge in [-0.05, 0) is 64.3 Å². The van der Waals surface area contributed by atoms with Crippen molar-refractivity contribution in [2.45, 2.75) is 32.1 Å². The zero-order valence-corrected chi connectivity index (χ0v) is 10.7. The number of carbonyl (C=O) groups is 1. The van der Waals surface area contributed by atoms with Gasteiger partial charge < -0.3 is 15.5 Å². The number of likely N-dealkylation sites (tertiary alicyclic amines) is 1. The highest BCUT2D eigenvalue weighted by Crippen LogP contribution is 2.11. The Labute approximate surface area is 104 Å². The van der Waals surface area contributed by atoms with Gasteiger partial charge in [0.15, 0.2) is 0 Å². The number of nitrogens with zero attached hydrogens (tertiary/aromatic N) is 1. The smallest absolute Gasteiger partial charge is 0.220 e. The van der Waals surface area contributed by atoms with Gasteiger partial charge in [0.1, 0.15) is 0 Å². The topological polar surface area (TPSA) is 44.4 Å². The molecule has 0 radical (unpaired) electrons. The van der Waals surface area contributed by atoms with Crippen LogP contribution in [0.2, 0.25) is 0 Å². The molecule has 2 N–H and O–H groups in total. The number of nitrogens with one attached hydrogen (secondary N) is 2. The Hall–Kier alpha value is -0.610. The van der Waals surface area contributed by atoms with Gasteiger partial charge >= 0.3 is 0 Å². The second-order valence-electron chi connectivity index (χ2n) is 5.32. The lowest BCUT2D eigenvalue weighted by Crippen LogP contribution is -2.30. The lowest BCUT2D eigenvalue weighted by atomic mass is 10.0. The fourth-order valence-electron chi connectivity index (χ4n) is 2.76. The van der Waals surface area contributed by atoms with Crippen LogP contribution in [0.4, 0.5) is 0 Å². The highest BCUT2D eigenvalue weighted by Gasteiger charge is 2.17. The van der Waals surface area contributed by atoms with Crippen molar-refractivity contribution in [3.05, 3.63) is 0 Å². The van der Waals surface area contributed by atoms with E-state index < -0.39 is 0 Å². The third-order valence-electron chi connectivity index (χ3n) is 3.81. The van der Waals surface area contributed by atoms with Gasteiger partial charge in [-0.25, -0.2) is 0 Å². The Morgan fingerprint density at radius 1 is 1.35 bits per heavy atom. The van der Waals surface area contributed by atoms with Crippen LogP contribution >= 0.6 is 0 Å². The van der Waals surface area contributed by atoms with Crippen LogP contribution in [0.5, 0.6) is 0 Å². The first kappa shape index (κ1) is 12.8. The highest BCUT2D eigenvalue weighted by molar-refractivity contribution is 5.76. The Kier molecular flexibility index (Phi) is 5.26. The maximum absolute atomic E-state index is 11.6. The fourth-order valence-corrected chi connectivity index (χ4v) is 2.76. The summed E-state index contributed by atoms with van der Waals surface area (Å²) in [4.78, 5) is 14.1. The van der Waals surface area contributed by atoms with Crippen molar-refractivity contribution in [3.8, 4) is 0 Å². The van der Waals surface area contributed by atoms with E-state index >= 15 is 0 Å². The minimum Gasteiger partial charge on any atom is -0.356 e. The molecule has 2 aliphatic rings. The van der Waals surface area contributed by atoms with Gasteiger partial charge in [-0.2, -0.15) is 0 Å². The van der Waals surface area contributed by atoms with Crippen LogP contribution in [0, 0.1) is 5.92 Å². The summed E-state index contributed by atoms with van der Waals surface area (Å²) in [6.45, 7) is 6.58. The normalized spacial score (nSPS) is 25.3. The van der Waals surface area contributed by atoms with Gasteiger partial charge in [-0.3, -0.25) is 4.79 Å². The van der Waals surface area contributed by atoms with E-state index in [0.717, 1.165) is 39.0 Å². The molecule has 2 aliphatic heterocycles. The van der Waals surface area contributed by atoms with Crippen LogP contribution in [-0.4, -0.2) is 50.1 Å². The van der Waals surface area contributed by atoms with Gasteiger partial charge in [0.2, 0.25) is 5.91 Å². The molecule has 2 rings (SSSR count). The molecule has 0 aromatic rings. The van der Waals surface area contributed by atoms with Crippen molar-refractivity contribution in [2.24, 2.45) is 5.92 Å². The van der Waals surface area contributed by atoms with Crippen molar-refractivity contribution >= 4 is 5.91 Å². The standard InChI is InChI=1S/C13H25N3O/c17-13(10-12-4-6-14-11-12)15-5-3-9-16-7-1-2-8-16/h12,14H,1-11H2,(H,15,17). The summed E-state index contributed by atoms with van der Waals surface area (Å²) in [5, 5.41) is 6.34. The zero-order valence-electron chi connectivity index (χ0n) is 10.7. The van der Waals surface area contributed by atoms with E-state index in [1.807, 2.05) is 0 Å². The lowest BCUT2D eigenvalue weighted by Gasteiger charge is -2.14. The average Bonchev–Trinajstić information content (AvgIpc) is 2.96. The molecule has 17 heavy (non-hydrogen) atoms. The first-order valence-electron chi connectivity index (χ1n) is 7.04. The van der Waals surface area contributed by atoms with E-state index in [0.29, 0.717) is 12.3 Å². The van der Waals surface area contributed by atoms with Crippen molar-refractivity contribution in [3.63, 3.8) is 0 Å². The number of hydrogen-bond donors (Lipinski definition) is 2. The van der Waals surface area contributed by atoms with Gasteiger partial charge in [0.25, 0.3) is 0 Å². The monoisotopic (exact) mass is 239 g/mol. The third-order valence-corrected chi connectivity index (χ3v) is 3.81. The number of rotatable bonds is 6. The van der Waals surface area contributed by atoms with Crippen LogP contribution in [0.25, 0.3) is 0 Å². The van der Waals surface area contributed by atoms with Gasteiger partial charge in [0, 0.05) is 13.0 Å². The largest absolute Gasteiger partial charge is 0.356 e. The summed E-state index contributed by atoms with van der Waals surface area (Å²) in [5.41, 5.74) is 0. The summed E-state index contributed by atoms with van der Waals surface area (Å²) >= 11 is 0. The van der Waals surface area contributed by atoms with Crippen molar-refractivity contribution < 1.29 is 4.79 Å². The quantitative estimate of drug-likeness (QED) is 0.667. The van der Waals surface area contributed by atoms with E-state index in [4.69, 9.17) is 0 Å². The molecule has 0 saturated carbocycles. The van der Waals surface area contributed by atoms with Crippen molar-refractivity contribution in [2.75, 3.05) is 39.3 Å². The summed E-state index contributed by atoms with van der Waals surface area (Å²) in [6.07, 6.45) is 5.65. The van der Waals surface area contributed by atoms with E-state index in [9.17, 15) is 4.79 Å². The van der Waals surface area contributed by atoms with E-state index in [2.05, 4.69) is 15.5 Å². The molecule has 0 aromatic heterocycles. The molecule has 98 valence electrons. The van der Waals surface area contributed by atoms with E-state index in [1.54, 1.807) is 0 Å². The van der Waals surface area contributed by atoms with Crippen molar-refractivity contribution in [1.29, 1.82) is 0 Å². The summed E-state index contributed by atoms with van der Waals surface area (Å²) in [7, 11) is 0. The molecule has 1 atom stereocenters. The molecule has 0 aromatic carbocycles. The van der Waals surface area contributed by atoms with Crippen molar-refractivity contribution in [1.82, 2.24) is 15.5 Å². The summed E-state index contributed by atoms with van der Waals surface area (Å²) in [6, 6.07) is 0. The minimum absolute atomic E-state index is 0.236. The minimum atomic E-state index is 0.236. The SMILES string of the molecule is O=C(CC1CCNC1)NCCCN1CCCC1. The van der Waals surface area contributed by atoms with Crippen LogP contribution in [0.1, 0.15) is 32.1 Å². The number of carbonyl (C=O) groups excluding carboxylic acids is 1. The average molecular weight is 239 g/mol. The van der Waals surface area contributed by atoms with Crippen LogP contribution in [-0.2, 0) is 4.79 Å². The van der Waals surface area contributed by atoms with E-state index in [1.165, 1.54) is 25.9 Å². The predicted octanol–water partition coefficient (Wildman–Crippen LogP) is 0.588. The summed E-state index contributed by atoms with van der Waals surface area (Å²) in [5.74, 6) is 0.800. The Balaban J connectivity index is 1.47. The number of hydrogen-bond acceptors (Lipinski definition) is 3. The second-order valence-corrected chi connectivity index (χ2v) is 5.32. The fraction of sp³-hybridized carbons (Fsp3) is 0.923. The molecule has 4 heteroatoms. The van der Waals surface area contributed by atoms with Crippen LogP contribution < -0.4 is 10.6 Å². The molecular weight excluding hydrogens is 214 g/mol. The molecule has 2 fully saturated rings. The van der Waals surface area contributed by atoms with Gasteiger partial charge in [-0.15, -0.1) is 0 Å². The Bertz CT molecular complexity index is 233. The second kappa shape index (κ2) is 6.97. The van der Waals surface area contributed by atoms with Gasteiger partial charge in [-0.1, -0.05) is 0 Å². The lowest BCUT2D eigenvalue weighted by molar-refractivity contribution is -0.121. The van der Waals surface area contributed by atoms with E-state index in [-0.39, 0.29) is 5.91 Å². The Morgan fingerprint density at radius 2 is 2.18 bits per heavy atom. The molecule has 1 amide bonds. The third kappa shape index (κ3) is 4.64. The molecule has 2 saturated heterocycles. The molecule has 1 unspecified atom stereocenters. The number of amides is 1. The zero-order chi connectivity index (χ0) is 11.9. The van der Waals surface area contributed by atoms with Crippen LogP contribution in [0.3, 0.4) is 0 Å². The molecule has 4 nitrogen and oxygen atoms in total. The highest BCUT2D eigenvalue weighted by atomic mass is 16.1. The molecule has 0 aliphatic carbocycles. The first-order valence-corrected chi connectivity index (χ1v) is 7.04. The molecule has 2 heterocycles.